The second-order valence-corrected chi connectivity index (χ2v) is 4.91. The maximum atomic E-state index is 11.7. The maximum absolute atomic E-state index is 11.7. The summed E-state index contributed by atoms with van der Waals surface area (Å²) in [4.78, 5) is 22.7. The molecular weight excluding hydrogens is 216 g/mol. The van der Waals surface area contributed by atoms with Gasteiger partial charge in [0.1, 0.15) is 6.04 Å². The number of hydrogen-bond acceptors (Lipinski definition) is 2. The lowest BCUT2D eigenvalue weighted by Crippen LogP contribution is -2.62. The van der Waals surface area contributed by atoms with Crippen molar-refractivity contribution in [1.29, 1.82) is 0 Å². The van der Waals surface area contributed by atoms with Gasteiger partial charge in [0.25, 0.3) is 0 Å². The number of unbranched alkanes of at least 4 members (excludes halogenated alkanes) is 4. The fourth-order valence-electron chi connectivity index (χ4n) is 1.90. The number of hydrogen-bond donors (Lipinski definition) is 2. The van der Waals surface area contributed by atoms with E-state index in [0.717, 1.165) is 12.8 Å². The molecule has 1 fully saturated rings. The first-order valence-electron chi connectivity index (χ1n) is 6.73. The Labute approximate surface area is 104 Å². The third kappa shape index (κ3) is 4.75. The van der Waals surface area contributed by atoms with Crippen LogP contribution in [0.5, 0.6) is 0 Å². The van der Waals surface area contributed by atoms with Gasteiger partial charge in [-0.05, 0) is 6.42 Å². The van der Waals surface area contributed by atoms with E-state index >= 15 is 0 Å². The van der Waals surface area contributed by atoms with Gasteiger partial charge in [0, 0.05) is 12.5 Å². The first kappa shape index (κ1) is 14.0. The lowest BCUT2D eigenvalue weighted by Gasteiger charge is -2.27. The van der Waals surface area contributed by atoms with E-state index in [1.54, 1.807) is 0 Å². The first-order valence-corrected chi connectivity index (χ1v) is 6.73. The molecule has 0 aliphatic carbocycles. The van der Waals surface area contributed by atoms with Crippen LogP contribution in [0.4, 0.5) is 0 Å². The molecule has 4 nitrogen and oxygen atoms in total. The predicted octanol–water partition coefficient (Wildman–Crippen LogP) is 1.60. The standard InChI is InChI=1S/C13H24N2O2/c1-3-4-5-6-7-8-10(2)12(16)15-11-9-14-13(11)17/h10-11H,3-9H2,1-2H3,(H,14,17)(H,15,16)/t10?,11-/m0/s1. The summed E-state index contributed by atoms with van der Waals surface area (Å²) in [5.41, 5.74) is 0. The van der Waals surface area contributed by atoms with Crippen molar-refractivity contribution in [2.45, 2.75) is 58.4 Å². The molecule has 2 N–H and O–H groups in total. The fraction of sp³-hybridized carbons (Fsp3) is 0.846. The van der Waals surface area contributed by atoms with Crippen LogP contribution < -0.4 is 10.6 Å². The molecule has 1 aliphatic rings. The van der Waals surface area contributed by atoms with Crippen LogP contribution in [-0.2, 0) is 9.59 Å². The zero-order valence-electron chi connectivity index (χ0n) is 10.9. The molecule has 1 saturated heterocycles. The number of nitrogens with one attached hydrogen (secondary N) is 2. The quantitative estimate of drug-likeness (QED) is 0.500. The second-order valence-electron chi connectivity index (χ2n) is 4.91. The normalized spacial score (nSPS) is 20.4. The molecule has 0 aromatic rings. The molecular formula is C13H24N2O2. The Morgan fingerprint density at radius 3 is 2.65 bits per heavy atom. The molecule has 1 heterocycles. The minimum Gasteiger partial charge on any atom is -0.352 e. The van der Waals surface area contributed by atoms with Gasteiger partial charge in [0.05, 0.1) is 0 Å². The minimum atomic E-state index is -0.287. The Bertz CT molecular complexity index is 266. The zero-order valence-corrected chi connectivity index (χ0v) is 10.9. The Morgan fingerprint density at radius 2 is 2.12 bits per heavy atom. The number of amides is 2. The number of carbonyl (C=O) groups is 2. The molecule has 4 heteroatoms. The van der Waals surface area contributed by atoms with Crippen LogP contribution in [0.1, 0.15) is 52.4 Å². The van der Waals surface area contributed by atoms with Gasteiger partial charge in [0.15, 0.2) is 0 Å². The average Bonchev–Trinajstić information content (AvgIpc) is 2.33. The van der Waals surface area contributed by atoms with Crippen molar-refractivity contribution in [3.05, 3.63) is 0 Å². The van der Waals surface area contributed by atoms with Crippen LogP contribution >= 0.6 is 0 Å². The van der Waals surface area contributed by atoms with Crippen LogP contribution in [0.15, 0.2) is 0 Å². The molecule has 0 aromatic heterocycles. The van der Waals surface area contributed by atoms with E-state index in [0.29, 0.717) is 6.54 Å². The van der Waals surface area contributed by atoms with E-state index in [1.807, 2.05) is 6.92 Å². The van der Waals surface area contributed by atoms with Gasteiger partial charge in [-0.25, -0.2) is 0 Å². The number of β-lactam (4-membered cyclic amide) rings is 1. The minimum absolute atomic E-state index is 0.0142. The highest BCUT2D eigenvalue weighted by atomic mass is 16.2. The number of rotatable bonds is 8. The Morgan fingerprint density at radius 1 is 1.41 bits per heavy atom. The molecule has 0 saturated carbocycles. The summed E-state index contributed by atoms with van der Waals surface area (Å²) in [6.45, 7) is 4.71. The molecule has 1 unspecified atom stereocenters. The summed E-state index contributed by atoms with van der Waals surface area (Å²) >= 11 is 0. The van der Waals surface area contributed by atoms with Crippen molar-refractivity contribution in [2.24, 2.45) is 5.92 Å². The van der Waals surface area contributed by atoms with Gasteiger partial charge in [-0.2, -0.15) is 0 Å². The van der Waals surface area contributed by atoms with Crippen LogP contribution in [0.25, 0.3) is 0 Å². The molecule has 0 bridgehead atoms. The van der Waals surface area contributed by atoms with Gasteiger partial charge in [-0.15, -0.1) is 0 Å². The Kier molecular flexibility index (Phi) is 6.01. The summed E-state index contributed by atoms with van der Waals surface area (Å²) in [6, 6.07) is -0.287. The van der Waals surface area contributed by atoms with Crippen LogP contribution in [-0.4, -0.2) is 24.4 Å². The van der Waals surface area contributed by atoms with Crippen LogP contribution in [0, 0.1) is 5.92 Å². The van der Waals surface area contributed by atoms with Gasteiger partial charge < -0.3 is 10.6 Å². The van der Waals surface area contributed by atoms with Crippen molar-refractivity contribution in [2.75, 3.05) is 6.54 Å². The molecule has 0 aromatic carbocycles. The van der Waals surface area contributed by atoms with E-state index < -0.39 is 0 Å². The zero-order chi connectivity index (χ0) is 12.7. The Hall–Kier alpha value is -1.06. The van der Waals surface area contributed by atoms with E-state index in [2.05, 4.69) is 17.6 Å². The lowest BCUT2D eigenvalue weighted by molar-refractivity contribution is -0.134. The van der Waals surface area contributed by atoms with Crippen LogP contribution in [0.3, 0.4) is 0 Å². The maximum Gasteiger partial charge on any atom is 0.244 e. The summed E-state index contributed by atoms with van der Waals surface area (Å²) in [7, 11) is 0. The van der Waals surface area contributed by atoms with Crippen molar-refractivity contribution in [3.8, 4) is 0 Å². The number of carbonyl (C=O) groups excluding carboxylic acids is 2. The fourth-order valence-corrected chi connectivity index (χ4v) is 1.90. The average molecular weight is 240 g/mol. The van der Waals surface area contributed by atoms with Gasteiger partial charge in [-0.3, -0.25) is 9.59 Å². The van der Waals surface area contributed by atoms with Crippen molar-refractivity contribution in [1.82, 2.24) is 10.6 Å². The molecule has 2 amide bonds. The highest BCUT2D eigenvalue weighted by molar-refractivity contribution is 5.92. The van der Waals surface area contributed by atoms with Gasteiger partial charge in [0.2, 0.25) is 11.8 Å². The predicted molar refractivity (Wildman–Crippen MR) is 67.5 cm³/mol. The molecule has 0 radical (unpaired) electrons. The van der Waals surface area contributed by atoms with Crippen LogP contribution in [0.2, 0.25) is 0 Å². The molecule has 1 rings (SSSR count). The summed E-state index contributed by atoms with van der Waals surface area (Å²) in [6.07, 6.45) is 7.01. The molecule has 17 heavy (non-hydrogen) atoms. The van der Waals surface area contributed by atoms with E-state index in [1.165, 1.54) is 25.7 Å². The van der Waals surface area contributed by atoms with Gasteiger partial charge >= 0.3 is 0 Å². The summed E-state index contributed by atoms with van der Waals surface area (Å²) in [5.74, 6) is -0.0288. The molecule has 1 aliphatic heterocycles. The molecule has 98 valence electrons. The van der Waals surface area contributed by atoms with Crippen molar-refractivity contribution < 1.29 is 9.59 Å². The molecule has 0 spiro atoms. The van der Waals surface area contributed by atoms with Gasteiger partial charge in [-0.1, -0.05) is 46.0 Å². The lowest BCUT2D eigenvalue weighted by atomic mass is 10.0. The van der Waals surface area contributed by atoms with Crippen molar-refractivity contribution in [3.63, 3.8) is 0 Å². The topological polar surface area (TPSA) is 58.2 Å². The Balaban J connectivity index is 2.07. The summed E-state index contributed by atoms with van der Waals surface area (Å²) < 4.78 is 0. The summed E-state index contributed by atoms with van der Waals surface area (Å²) in [5, 5.41) is 5.38. The highest BCUT2D eigenvalue weighted by Gasteiger charge is 2.29. The first-order chi connectivity index (χ1) is 8.15. The monoisotopic (exact) mass is 240 g/mol. The van der Waals surface area contributed by atoms with E-state index in [-0.39, 0.29) is 23.8 Å². The third-order valence-electron chi connectivity index (χ3n) is 3.30. The largest absolute Gasteiger partial charge is 0.352 e. The smallest absolute Gasteiger partial charge is 0.244 e. The SMILES string of the molecule is CCCCCCCC(C)C(=O)N[C@H]1CNC1=O. The van der Waals surface area contributed by atoms with E-state index in [4.69, 9.17) is 0 Å². The molecule has 2 atom stereocenters. The second kappa shape index (κ2) is 7.30. The van der Waals surface area contributed by atoms with Crippen molar-refractivity contribution >= 4 is 11.8 Å². The highest BCUT2D eigenvalue weighted by Crippen LogP contribution is 2.12. The third-order valence-corrected chi connectivity index (χ3v) is 3.30. The van der Waals surface area contributed by atoms with E-state index in [9.17, 15) is 9.59 Å².